The Morgan fingerprint density at radius 2 is 1.81 bits per heavy atom. The molecular formula is C10H15N3O3. The van der Waals surface area contributed by atoms with Crippen LogP contribution in [0.2, 0.25) is 0 Å². The van der Waals surface area contributed by atoms with E-state index in [0.29, 0.717) is 0 Å². The summed E-state index contributed by atoms with van der Waals surface area (Å²) in [6, 6.07) is -0.625. The Morgan fingerprint density at radius 1 is 1.19 bits per heavy atom. The molecule has 6 nitrogen and oxygen atoms in total. The second-order valence-electron chi connectivity index (χ2n) is 4.26. The Kier molecular flexibility index (Phi) is 2.91. The highest BCUT2D eigenvalue weighted by Crippen LogP contribution is 2.25. The Morgan fingerprint density at radius 3 is 2.44 bits per heavy atom. The van der Waals surface area contributed by atoms with Gasteiger partial charge in [-0.1, -0.05) is 0 Å². The van der Waals surface area contributed by atoms with Gasteiger partial charge in [0.15, 0.2) is 0 Å². The molecule has 0 aromatic carbocycles. The van der Waals surface area contributed by atoms with Crippen LogP contribution in [-0.2, 0) is 9.59 Å². The monoisotopic (exact) mass is 225 g/mol. The van der Waals surface area contributed by atoms with Gasteiger partial charge in [0, 0.05) is 7.05 Å². The SMILES string of the molecule is CN1C(=O)NC(=O)C(C2CCNCC2)C1=O. The molecule has 0 aromatic heterocycles. The Bertz CT molecular complexity index is 336. The van der Waals surface area contributed by atoms with Crippen LogP contribution < -0.4 is 10.6 Å². The molecule has 0 aromatic rings. The van der Waals surface area contributed by atoms with Crippen LogP contribution in [0.5, 0.6) is 0 Å². The van der Waals surface area contributed by atoms with Crippen molar-refractivity contribution in [2.45, 2.75) is 12.8 Å². The molecule has 1 atom stereocenters. The predicted octanol–water partition coefficient (Wildman–Crippen LogP) is -0.690. The van der Waals surface area contributed by atoms with E-state index in [1.54, 1.807) is 0 Å². The average molecular weight is 225 g/mol. The molecule has 1 unspecified atom stereocenters. The van der Waals surface area contributed by atoms with Crippen LogP contribution in [0.15, 0.2) is 0 Å². The standard InChI is InChI=1S/C10H15N3O3/c1-13-9(15)7(8(14)12-10(13)16)6-2-4-11-5-3-6/h6-7,11H,2-5H2,1H3,(H,12,14,16). The molecule has 2 rings (SSSR count). The lowest BCUT2D eigenvalue weighted by molar-refractivity contribution is -0.144. The molecule has 6 heteroatoms. The lowest BCUT2D eigenvalue weighted by atomic mass is 9.82. The molecule has 2 aliphatic rings. The molecule has 2 saturated heterocycles. The van der Waals surface area contributed by atoms with Gasteiger partial charge in [-0.05, 0) is 31.8 Å². The van der Waals surface area contributed by atoms with E-state index in [9.17, 15) is 14.4 Å². The topological polar surface area (TPSA) is 78.5 Å². The highest BCUT2D eigenvalue weighted by atomic mass is 16.2. The number of rotatable bonds is 1. The van der Waals surface area contributed by atoms with Crippen LogP contribution in [-0.4, -0.2) is 42.9 Å². The van der Waals surface area contributed by atoms with Crippen molar-refractivity contribution < 1.29 is 14.4 Å². The van der Waals surface area contributed by atoms with E-state index in [4.69, 9.17) is 0 Å². The first kappa shape index (κ1) is 11.1. The summed E-state index contributed by atoms with van der Waals surface area (Å²) in [5, 5.41) is 5.39. The molecule has 4 amide bonds. The van der Waals surface area contributed by atoms with Crippen molar-refractivity contribution in [2.75, 3.05) is 20.1 Å². The predicted molar refractivity (Wildman–Crippen MR) is 55.4 cm³/mol. The molecule has 0 spiro atoms. The van der Waals surface area contributed by atoms with E-state index < -0.39 is 17.9 Å². The number of carbonyl (C=O) groups excluding carboxylic acids is 3. The lowest BCUT2D eigenvalue weighted by Crippen LogP contribution is -2.58. The van der Waals surface area contributed by atoms with Crippen LogP contribution in [0, 0.1) is 11.8 Å². The van der Waals surface area contributed by atoms with Crippen molar-refractivity contribution in [2.24, 2.45) is 11.8 Å². The lowest BCUT2D eigenvalue weighted by Gasteiger charge is -2.34. The Labute approximate surface area is 93.4 Å². The summed E-state index contributed by atoms with van der Waals surface area (Å²) in [4.78, 5) is 35.7. The number of barbiturate groups is 1. The van der Waals surface area contributed by atoms with Crippen molar-refractivity contribution in [1.29, 1.82) is 0 Å². The van der Waals surface area contributed by atoms with Crippen LogP contribution in [0.3, 0.4) is 0 Å². The van der Waals surface area contributed by atoms with Gasteiger partial charge in [-0.2, -0.15) is 0 Å². The Balaban J connectivity index is 2.15. The van der Waals surface area contributed by atoms with E-state index in [1.165, 1.54) is 7.05 Å². The molecule has 2 fully saturated rings. The van der Waals surface area contributed by atoms with Gasteiger partial charge in [-0.25, -0.2) is 4.79 Å². The first-order chi connectivity index (χ1) is 7.61. The first-order valence-electron chi connectivity index (χ1n) is 5.44. The number of nitrogens with zero attached hydrogens (tertiary/aromatic N) is 1. The van der Waals surface area contributed by atoms with Gasteiger partial charge in [0.2, 0.25) is 11.8 Å². The normalized spacial score (nSPS) is 28.2. The highest BCUT2D eigenvalue weighted by molar-refractivity contribution is 6.16. The number of imide groups is 2. The molecule has 16 heavy (non-hydrogen) atoms. The summed E-state index contributed by atoms with van der Waals surface area (Å²) in [7, 11) is 1.40. The third kappa shape index (κ3) is 1.80. The summed E-state index contributed by atoms with van der Waals surface area (Å²) in [5.41, 5.74) is 0. The zero-order valence-electron chi connectivity index (χ0n) is 9.16. The minimum atomic E-state index is -0.690. The maximum atomic E-state index is 11.9. The largest absolute Gasteiger partial charge is 0.330 e. The zero-order chi connectivity index (χ0) is 11.7. The minimum Gasteiger partial charge on any atom is -0.317 e. The molecule has 0 radical (unpaired) electrons. The Hall–Kier alpha value is -1.43. The molecule has 0 saturated carbocycles. The van der Waals surface area contributed by atoms with Gasteiger partial charge >= 0.3 is 6.03 Å². The summed E-state index contributed by atoms with van der Waals surface area (Å²) >= 11 is 0. The molecule has 2 heterocycles. The van der Waals surface area contributed by atoms with Crippen LogP contribution >= 0.6 is 0 Å². The van der Waals surface area contributed by atoms with Gasteiger partial charge in [-0.15, -0.1) is 0 Å². The number of urea groups is 1. The van der Waals surface area contributed by atoms with E-state index >= 15 is 0 Å². The summed E-state index contributed by atoms with van der Waals surface area (Å²) in [5.74, 6) is -1.46. The summed E-state index contributed by atoms with van der Waals surface area (Å²) in [6.07, 6.45) is 1.59. The van der Waals surface area contributed by atoms with Crippen molar-refractivity contribution in [3.8, 4) is 0 Å². The van der Waals surface area contributed by atoms with Crippen molar-refractivity contribution in [3.05, 3.63) is 0 Å². The van der Waals surface area contributed by atoms with Gasteiger partial charge in [0.25, 0.3) is 0 Å². The second-order valence-corrected chi connectivity index (χ2v) is 4.26. The molecule has 2 N–H and O–H groups in total. The fraction of sp³-hybridized carbons (Fsp3) is 0.700. The molecule has 88 valence electrons. The number of hydrogen-bond donors (Lipinski definition) is 2. The van der Waals surface area contributed by atoms with Gasteiger partial charge in [0.1, 0.15) is 5.92 Å². The quantitative estimate of drug-likeness (QED) is 0.579. The van der Waals surface area contributed by atoms with E-state index in [1.807, 2.05) is 0 Å². The number of nitrogens with one attached hydrogen (secondary N) is 2. The van der Waals surface area contributed by atoms with Crippen LogP contribution in [0.4, 0.5) is 4.79 Å². The number of carbonyl (C=O) groups is 3. The molecule has 2 aliphatic heterocycles. The van der Waals surface area contributed by atoms with Gasteiger partial charge < -0.3 is 5.32 Å². The zero-order valence-corrected chi connectivity index (χ0v) is 9.16. The third-order valence-corrected chi connectivity index (χ3v) is 3.27. The number of hydrogen-bond acceptors (Lipinski definition) is 4. The van der Waals surface area contributed by atoms with Crippen molar-refractivity contribution in [1.82, 2.24) is 15.5 Å². The van der Waals surface area contributed by atoms with Crippen molar-refractivity contribution in [3.63, 3.8) is 0 Å². The number of piperidine rings is 1. The van der Waals surface area contributed by atoms with Gasteiger partial charge in [0.05, 0.1) is 0 Å². The maximum absolute atomic E-state index is 11.9. The summed E-state index contributed by atoms with van der Waals surface area (Å²) < 4.78 is 0. The first-order valence-corrected chi connectivity index (χ1v) is 5.44. The van der Waals surface area contributed by atoms with Crippen LogP contribution in [0.1, 0.15) is 12.8 Å². The van der Waals surface area contributed by atoms with E-state index in [-0.39, 0.29) is 11.8 Å². The molecule has 0 bridgehead atoms. The number of amides is 4. The molecule has 0 aliphatic carbocycles. The summed E-state index contributed by atoms with van der Waals surface area (Å²) in [6.45, 7) is 1.64. The highest BCUT2D eigenvalue weighted by Gasteiger charge is 2.43. The van der Waals surface area contributed by atoms with E-state index in [0.717, 1.165) is 30.8 Å². The fourth-order valence-electron chi connectivity index (χ4n) is 2.28. The average Bonchev–Trinajstić information content (AvgIpc) is 2.28. The maximum Gasteiger partial charge on any atom is 0.330 e. The van der Waals surface area contributed by atoms with Gasteiger partial charge in [-0.3, -0.25) is 19.8 Å². The minimum absolute atomic E-state index is 0.0456. The second kappa shape index (κ2) is 4.21. The molecular weight excluding hydrogens is 210 g/mol. The third-order valence-electron chi connectivity index (χ3n) is 3.27. The smallest absolute Gasteiger partial charge is 0.317 e. The van der Waals surface area contributed by atoms with E-state index in [2.05, 4.69) is 10.6 Å². The fourth-order valence-corrected chi connectivity index (χ4v) is 2.28. The van der Waals surface area contributed by atoms with Crippen LogP contribution in [0.25, 0.3) is 0 Å². The van der Waals surface area contributed by atoms with Crippen molar-refractivity contribution >= 4 is 17.8 Å².